The van der Waals surface area contributed by atoms with Gasteiger partial charge in [0.25, 0.3) is 0 Å². The molecule has 19 heavy (non-hydrogen) atoms. The maximum Gasteiger partial charge on any atom is 0.246 e. The van der Waals surface area contributed by atoms with Crippen LogP contribution in [0.1, 0.15) is 12.5 Å². The van der Waals surface area contributed by atoms with E-state index in [4.69, 9.17) is 10.5 Å². The Morgan fingerprint density at radius 2 is 2.00 bits per heavy atom. The first-order valence-electron chi connectivity index (χ1n) is 5.93. The number of amides is 2. The fourth-order valence-electron chi connectivity index (χ4n) is 1.51. The monoisotopic (exact) mass is 268 g/mol. The summed E-state index contributed by atoms with van der Waals surface area (Å²) in [5.74, 6) is -1.42. The largest absolute Gasteiger partial charge is 0.372 e. The molecule has 0 spiro atoms. The van der Waals surface area contributed by atoms with Gasteiger partial charge in [0.15, 0.2) is 0 Å². The van der Waals surface area contributed by atoms with E-state index in [9.17, 15) is 14.0 Å². The zero-order valence-corrected chi connectivity index (χ0v) is 10.7. The topological polar surface area (TPSA) is 81.4 Å². The van der Waals surface area contributed by atoms with Crippen molar-refractivity contribution in [1.29, 1.82) is 0 Å². The second-order valence-electron chi connectivity index (χ2n) is 3.99. The Kier molecular flexibility index (Phi) is 5.95. The van der Waals surface area contributed by atoms with Gasteiger partial charge in [0.2, 0.25) is 11.8 Å². The summed E-state index contributed by atoms with van der Waals surface area (Å²) in [6.45, 7) is 2.05. The predicted octanol–water partition coefficient (Wildman–Crippen LogP) is 0.375. The van der Waals surface area contributed by atoms with E-state index >= 15 is 0 Å². The molecular weight excluding hydrogens is 251 g/mol. The highest BCUT2D eigenvalue weighted by atomic mass is 19.1. The van der Waals surface area contributed by atoms with Crippen LogP contribution in [0, 0.1) is 5.82 Å². The number of hydrogen-bond donors (Lipinski definition) is 2. The third-order valence-corrected chi connectivity index (χ3v) is 2.47. The Balaban J connectivity index is 2.60. The van der Waals surface area contributed by atoms with Crippen molar-refractivity contribution in [2.75, 3.05) is 13.2 Å². The lowest BCUT2D eigenvalue weighted by Crippen LogP contribution is -2.47. The summed E-state index contributed by atoms with van der Waals surface area (Å²) in [5.41, 5.74) is 5.93. The molecule has 6 heteroatoms. The first-order chi connectivity index (χ1) is 9.02. The van der Waals surface area contributed by atoms with Crippen LogP contribution in [0.25, 0.3) is 0 Å². The first kappa shape index (κ1) is 15.1. The summed E-state index contributed by atoms with van der Waals surface area (Å²) in [4.78, 5) is 22.7. The van der Waals surface area contributed by atoms with Gasteiger partial charge in [-0.05, 0) is 24.6 Å². The Bertz CT molecular complexity index is 434. The maximum atomic E-state index is 12.8. The fraction of sp³-hybridized carbons (Fsp3) is 0.385. The lowest BCUT2D eigenvalue weighted by Gasteiger charge is -2.15. The molecule has 1 aromatic rings. The molecule has 5 nitrogen and oxygen atoms in total. The second kappa shape index (κ2) is 7.48. The molecule has 0 unspecified atom stereocenters. The Hall–Kier alpha value is -1.95. The van der Waals surface area contributed by atoms with Crippen molar-refractivity contribution in [3.63, 3.8) is 0 Å². The standard InChI is InChI=1S/C13H17FN2O3/c1-2-19-8-12(17)16-11(13(15)18)7-9-3-5-10(14)6-4-9/h3-6,11H,2,7-8H2,1H3,(H2,15,18)(H,16,17)/t11-/m1/s1. The van der Waals surface area contributed by atoms with E-state index in [0.29, 0.717) is 12.2 Å². The third kappa shape index (κ3) is 5.48. The molecule has 104 valence electrons. The van der Waals surface area contributed by atoms with Crippen LogP contribution < -0.4 is 11.1 Å². The SMILES string of the molecule is CCOCC(=O)N[C@H](Cc1ccc(F)cc1)C(N)=O. The van der Waals surface area contributed by atoms with E-state index in [0.717, 1.165) is 0 Å². The molecular formula is C13H17FN2O3. The number of benzene rings is 1. The van der Waals surface area contributed by atoms with Gasteiger partial charge >= 0.3 is 0 Å². The van der Waals surface area contributed by atoms with E-state index in [1.54, 1.807) is 19.1 Å². The molecule has 0 aliphatic rings. The van der Waals surface area contributed by atoms with Crippen molar-refractivity contribution in [1.82, 2.24) is 5.32 Å². The van der Waals surface area contributed by atoms with Gasteiger partial charge in [-0.25, -0.2) is 4.39 Å². The highest BCUT2D eigenvalue weighted by Gasteiger charge is 2.18. The zero-order valence-electron chi connectivity index (χ0n) is 10.7. The van der Waals surface area contributed by atoms with E-state index in [1.165, 1.54) is 12.1 Å². The zero-order chi connectivity index (χ0) is 14.3. The number of hydrogen-bond acceptors (Lipinski definition) is 3. The van der Waals surface area contributed by atoms with E-state index < -0.39 is 17.9 Å². The minimum absolute atomic E-state index is 0.121. The van der Waals surface area contributed by atoms with Crippen molar-refractivity contribution in [2.45, 2.75) is 19.4 Å². The van der Waals surface area contributed by atoms with Crippen molar-refractivity contribution >= 4 is 11.8 Å². The smallest absolute Gasteiger partial charge is 0.246 e. The molecule has 0 bridgehead atoms. The van der Waals surface area contributed by atoms with Gasteiger partial charge in [-0.1, -0.05) is 12.1 Å². The van der Waals surface area contributed by atoms with E-state index in [1.807, 2.05) is 0 Å². The molecule has 0 radical (unpaired) electrons. The average molecular weight is 268 g/mol. The first-order valence-corrected chi connectivity index (χ1v) is 5.93. The van der Waals surface area contributed by atoms with Gasteiger partial charge in [0.1, 0.15) is 18.5 Å². The normalized spacial score (nSPS) is 11.9. The number of ether oxygens (including phenoxy) is 1. The number of rotatable bonds is 7. The lowest BCUT2D eigenvalue weighted by atomic mass is 10.1. The molecule has 0 aliphatic heterocycles. The fourth-order valence-corrected chi connectivity index (χ4v) is 1.51. The predicted molar refractivity (Wildman–Crippen MR) is 67.7 cm³/mol. The van der Waals surface area contributed by atoms with Crippen LogP contribution in [-0.4, -0.2) is 31.1 Å². The number of nitrogens with one attached hydrogen (secondary N) is 1. The van der Waals surface area contributed by atoms with Gasteiger partial charge < -0.3 is 15.8 Å². The number of primary amides is 1. The molecule has 0 saturated carbocycles. The third-order valence-electron chi connectivity index (χ3n) is 2.47. The van der Waals surface area contributed by atoms with Crippen molar-refractivity contribution < 1.29 is 18.7 Å². The summed E-state index contributed by atoms with van der Waals surface area (Å²) in [5, 5.41) is 2.48. The summed E-state index contributed by atoms with van der Waals surface area (Å²) in [7, 11) is 0. The highest BCUT2D eigenvalue weighted by Crippen LogP contribution is 2.06. The van der Waals surface area contributed by atoms with Crippen LogP contribution in [0.15, 0.2) is 24.3 Å². The van der Waals surface area contributed by atoms with Gasteiger partial charge in [-0.2, -0.15) is 0 Å². The van der Waals surface area contributed by atoms with Gasteiger partial charge in [-0.3, -0.25) is 9.59 Å². The minimum atomic E-state index is -0.835. The van der Waals surface area contributed by atoms with Crippen molar-refractivity contribution in [3.8, 4) is 0 Å². The molecule has 2 amide bonds. The summed E-state index contributed by atoms with van der Waals surface area (Å²) in [6, 6.07) is 4.82. The molecule has 1 atom stereocenters. The van der Waals surface area contributed by atoms with Gasteiger partial charge in [0, 0.05) is 13.0 Å². The molecule has 0 fully saturated rings. The van der Waals surface area contributed by atoms with Crippen LogP contribution in [0.2, 0.25) is 0 Å². The molecule has 1 aromatic carbocycles. The number of carbonyl (C=O) groups is 2. The van der Waals surface area contributed by atoms with Crippen LogP contribution in [0.3, 0.4) is 0 Å². The van der Waals surface area contributed by atoms with Crippen LogP contribution in [0.5, 0.6) is 0 Å². The van der Waals surface area contributed by atoms with E-state index in [-0.39, 0.29) is 18.8 Å². The highest BCUT2D eigenvalue weighted by molar-refractivity contribution is 5.87. The Morgan fingerprint density at radius 1 is 1.37 bits per heavy atom. The Morgan fingerprint density at radius 3 is 2.53 bits per heavy atom. The minimum Gasteiger partial charge on any atom is -0.372 e. The van der Waals surface area contributed by atoms with Gasteiger partial charge in [0.05, 0.1) is 0 Å². The number of halogens is 1. The lowest BCUT2D eigenvalue weighted by molar-refractivity contribution is -0.130. The summed E-state index contributed by atoms with van der Waals surface area (Å²) in [6.07, 6.45) is 0.216. The van der Waals surface area contributed by atoms with Crippen molar-refractivity contribution in [3.05, 3.63) is 35.6 Å². The maximum absolute atomic E-state index is 12.8. The molecule has 0 aromatic heterocycles. The molecule has 1 rings (SSSR count). The van der Waals surface area contributed by atoms with E-state index in [2.05, 4.69) is 5.32 Å². The second-order valence-corrected chi connectivity index (χ2v) is 3.99. The molecule has 0 aliphatic carbocycles. The number of carbonyl (C=O) groups excluding carboxylic acids is 2. The molecule has 0 saturated heterocycles. The van der Waals surface area contributed by atoms with Crippen LogP contribution >= 0.6 is 0 Å². The quantitative estimate of drug-likeness (QED) is 0.750. The average Bonchev–Trinajstić information content (AvgIpc) is 2.38. The number of nitrogens with two attached hydrogens (primary N) is 1. The Labute approximate surface area is 110 Å². The molecule has 0 heterocycles. The van der Waals surface area contributed by atoms with Crippen LogP contribution in [-0.2, 0) is 20.7 Å². The molecule has 3 N–H and O–H groups in total. The van der Waals surface area contributed by atoms with Gasteiger partial charge in [-0.15, -0.1) is 0 Å². The summed E-state index contributed by atoms with van der Waals surface area (Å²) >= 11 is 0. The van der Waals surface area contributed by atoms with Crippen molar-refractivity contribution in [2.24, 2.45) is 5.73 Å². The summed E-state index contributed by atoms with van der Waals surface area (Å²) < 4.78 is 17.7. The van der Waals surface area contributed by atoms with Crippen LogP contribution in [0.4, 0.5) is 4.39 Å².